The Kier molecular flexibility index (Phi) is 17.9. The van der Waals surface area contributed by atoms with Crippen molar-refractivity contribution in [3.05, 3.63) is 527 Å². The van der Waals surface area contributed by atoms with Crippen LogP contribution in [0.4, 0.5) is 0 Å². The molecule has 0 amide bonds. The topological polar surface area (TPSA) is 146 Å². The van der Waals surface area contributed by atoms with Gasteiger partial charge in [-0.05, 0) is 131 Å². The monoisotopic (exact) mass is 1930 g/mol. The number of nitrogens with zero attached hydrogens (tertiary/aromatic N) is 15. The zero-order chi connectivity index (χ0) is 112. The normalized spacial score (nSPS) is 13.0. The summed E-state index contributed by atoms with van der Waals surface area (Å²) in [6.07, 6.45) is 0. The maximum atomic E-state index is 8.78. The van der Waals surface area contributed by atoms with Crippen LogP contribution in [0.15, 0.2) is 527 Å². The van der Waals surface area contributed by atoms with Crippen LogP contribution >= 0.6 is 0 Å². The van der Waals surface area contributed by atoms with Crippen molar-refractivity contribution < 1.29 is 20.6 Å². The predicted octanol–water partition coefficient (Wildman–Crippen LogP) is 33.2. The molecule has 0 spiro atoms. The van der Waals surface area contributed by atoms with E-state index in [1.54, 1.807) is 0 Å². The highest BCUT2D eigenvalue weighted by Gasteiger charge is 2.29. The summed E-state index contributed by atoms with van der Waals surface area (Å²) >= 11 is 0. The first-order chi connectivity index (χ1) is 80.6. The molecule has 0 radical (unpaired) electrons. The molecule has 30 rings (SSSR count). The van der Waals surface area contributed by atoms with E-state index in [-0.39, 0.29) is 88.3 Å². The maximum Gasteiger partial charge on any atom is 0.238 e. The Morgan fingerprint density at radius 1 is 0.147 bits per heavy atom. The second kappa shape index (κ2) is 37.0. The zero-order valence-corrected chi connectivity index (χ0v) is 79.8. The van der Waals surface area contributed by atoms with E-state index in [0.29, 0.717) is 34.2 Å². The van der Waals surface area contributed by atoms with E-state index in [1.165, 1.54) is 0 Å². The molecule has 702 valence electrons. The molecule has 9 heterocycles. The van der Waals surface area contributed by atoms with Crippen molar-refractivity contribution in [2.24, 2.45) is 0 Å². The van der Waals surface area contributed by atoms with Crippen molar-refractivity contribution in [1.29, 1.82) is 0 Å². The lowest BCUT2D eigenvalue weighted by atomic mass is 10.0. The third-order valence-electron chi connectivity index (χ3n) is 27.8. The molecule has 0 bridgehead atoms. The van der Waals surface area contributed by atoms with E-state index in [2.05, 4.69) is 275 Å². The SMILES string of the molecule is [2H]c1c([2H])c([2H])c(-c2nc(-c3ccccc3)nc(-n3c4ccccc4c4c5c6ccccc6n(-c6ccc(-c7ccccc7)cc6)c5ccc43)n2)c([2H])c1[2H].[2H]c1c([2H])c([2H])c(-c2nc(-c3ccccc3)nc(-n3c4ccccc4c4cc5c(cc43)c3ccccc3n5-c3cccc(-c4ccccc4)c3)n2)c([2H])c1[2H].[2H]c1c([2H])c([2H])c(-c2nc(-c3ccccc3)nc(-n3c4ccccc4c4cc5c(cc43)c3ccccc3n5-c3ccccc3-c3ccccc3)n2)c([2H])c1[2H]. The van der Waals surface area contributed by atoms with Gasteiger partial charge in [-0.2, -0.15) is 29.9 Å². The number of hydrogen-bond acceptors (Lipinski definition) is 9. The molecule has 0 fully saturated rings. The molecule has 0 aliphatic carbocycles. The molecule has 0 atom stereocenters. The fourth-order valence-corrected chi connectivity index (χ4v) is 21.2. The third kappa shape index (κ3) is 15.3. The van der Waals surface area contributed by atoms with Crippen LogP contribution in [0, 0.1) is 0 Å². The van der Waals surface area contributed by atoms with E-state index in [4.69, 9.17) is 65.4 Å². The van der Waals surface area contributed by atoms with Crippen LogP contribution in [0.3, 0.4) is 0 Å². The van der Waals surface area contributed by atoms with Crippen LogP contribution in [0.25, 0.3) is 267 Å². The van der Waals surface area contributed by atoms with Gasteiger partial charge in [-0.25, -0.2) is 15.0 Å². The van der Waals surface area contributed by atoms with Gasteiger partial charge in [-0.3, -0.25) is 13.7 Å². The zero-order valence-electron chi connectivity index (χ0n) is 94.8. The Balaban J connectivity index is 0.000000116. The fraction of sp³-hybridized carbons (Fsp3) is 0. The van der Waals surface area contributed by atoms with Crippen LogP contribution < -0.4 is 0 Å². The van der Waals surface area contributed by atoms with Crippen molar-refractivity contribution in [3.8, 4) is 137 Å². The van der Waals surface area contributed by atoms with E-state index in [9.17, 15) is 0 Å². The number of rotatable bonds is 15. The van der Waals surface area contributed by atoms with Crippen LogP contribution in [-0.2, 0) is 0 Å². The first-order valence-electron chi connectivity index (χ1n) is 56.7. The first kappa shape index (κ1) is 72.7. The molecule has 0 unspecified atom stereocenters. The van der Waals surface area contributed by atoms with Gasteiger partial charge in [0.05, 0.1) is 92.4 Å². The van der Waals surface area contributed by atoms with Gasteiger partial charge in [0.2, 0.25) is 17.8 Å². The summed E-state index contributed by atoms with van der Waals surface area (Å²) in [5.41, 5.74) is 23.3. The second-order valence-corrected chi connectivity index (χ2v) is 36.4. The van der Waals surface area contributed by atoms with Gasteiger partial charge in [0.25, 0.3) is 0 Å². The number of benzene rings is 21. The van der Waals surface area contributed by atoms with Gasteiger partial charge in [0.1, 0.15) is 0 Å². The van der Waals surface area contributed by atoms with Crippen LogP contribution in [0.1, 0.15) is 20.6 Å². The number of fused-ring (bicyclic) bond motifs is 19. The summed E-state index contributed by atoms with van der Waals surface area (Å²) < 4.78 is 140. The predicted molar refractivity (Wildman–Crippen MR) is 614 cm³/mol. The summed E-state index contributed by atoms with van der Waals surface area (Å²) in [6.45, 7) is 0. The molecule has 0 saturated heterocycles. The Hall–Kier alpha value is -20.5. The highest BCUT2D eigenvalue weighted by Crippen LogP contribution is 2.48. The van der Waals surface area contributed by atoms with Gasteiger partial charge in [-0.1, -0.05) is 424 Å². The molecule has 21 aromatic carbocycles. The highest BCUT2D eigenvalue weighted by molar-refractivity contribution is 6.29. The quantitative estimate of drug-likeness (QED) is 0.0979. The van der Waals surface area contributed by atoms with E-state index < -0.39 is 54.4 Å². The van der Waals surface area contributed by atoms with Gasteiger partial charge in [-0.15, -0.1) is 0 Å². The van der Waals surface area contributed by atoms with Gasteiger partial charge in [0, 0.05) is 115 Å². The van der Waals surface area contributed by atoms with E-state index in [0.717, 1.165) is 181 Å². The fourth-order valence-electron chi connectivity index (χ4n) is 21.2. The molecule has 0 aliphatic heterocycles. The minimum Gasteiger partial charge on any atom is -0.309 e. The molecule has 0 N–H and O–H groups in total. The van der Waals surface area contributed by atoms with Gasteiger partial charge < -0.3 is 13.7 Å². The van der Waals surface area contributed by atoms with Crippen molar-refractivity contribution in [2.75, 3.05) is 0 Å². The minimum atomic E-state index is -0.478. The molecule has 30 aromatic rings. The molecular formula is C135H87N15. The molecule has 15 nitrogen and oxygen atoms in total. The van der Waals surface area contributed by atoms with Gasteiger partial charge >= 0.3 is 0 Å². The minimum absolute atomic E-state index is 0.0107. The van der Waals surface area contributed by atoms with Crippen molar-refractivity contribution in [3.63, 3.8) is 0 Å². The standard InChI is InChI=1S/3C45H29N5/c1-4-16-30(17-5-1)33-22-10-13-25-38(33)49-39-26-14-11-23-34(39)36-29-42-37(28-41(36)49)35-24-12-15-27-40(35)50(42)45-47-43(31-18-6-2-7-19-31)46-44(48-45)32-20-8-3-9-21-32;1-4-15-30(16-5-1)33-21-14-22-34(27-33)49-39-25-12-10-23-35(39)37-29-42-38(28-41(37)49)36-24-11-13-26-40(36)50(42)45-47-43(31-17-6-2-7-18-31)46-44(48-45)32-19-8-3-9-20-32;1-4-14-30(15-5-1)31-24-26-34(27-25-31)49-37-22-12-10-20-35(37)41-39(49)28-29-40-42(41)36-21-11-13-23-38(36)50(40)45-47-43(32-16-6-2-7-17-32)46-44(48-45)33-18-8-3-9-19-33/h3*1-29H/i2D,6D,7D,18D,19D;2D,6D,7D,17D,18D;2D,6D,7D,16D,17D. The molecule has 9 aromatic heterocycles. The highest BCUT2D eigenvalue weighted by atomic mass is 15.2. The largest absolute Gasteiger partial charge is 0.309 e. The Labute approximate surface area is 882 Å². The summed E-state index contributed by atoms with van der Waals surface area (Å²) in [5.74, 6) is 1.70. The van der Waals surface area contributed by atoms with E-state index >= 15 is 0 Å². The van der Waals surface area contributed by atoms with Crippen LogP contribution in [0.5, 0.6) is 0 Å². The second-order valence-electron chi connectivity index (χ2n) is 36.4. The van der Waals surface area contributed by atoms with Crippen LogP contribution in [0.2, 0.25) is 0 Å². The Bertz CT molecular complexity index is 11400. The average molecular weight is 1930 g/mol. The lowest BCUT2D eigenvalue weighted by molar-refractivity contribution is 0.953. The van der Waals surface area contributed by atoms with Crippen LogP contribution in [-0.4, -0.2) is 72.3 Å². The molecule has 0 saturated carbocycles. The Morgan fingerprint density at radius 3 is 0.813 bits per heavy atom. The number of hydrogen-bond donors (Lipinski definition) is 0. The first-order valence-corrected chi connectivity index (χ1v) is 49.2. The maximum absolute atomic E-state index is 8.78. The van der Waals surface area contributed by atoms with Crippen molar-refractivity contribution in [1.82, 2.24) is 72.3 Å². The molecular weight excluding hydrogens is 1830 g/mol. The number of para-hydroxylation sites is 7. The van der Waals surface area contributed by atoms with E-state index in [1.807, 2.05) is 190 Å². The summed E-state index contributed by atoms with van der Waals surface area (Å²) in [4.78, 5) is 43.9. The summed E-state index contributed by atoms with van der Waals surface area (Å²) in [6, 6.07) is 141. The number of aromatic nitrogens is 15. The lowest BCUT2D eigenvalue weighted by Gasteiger charge is -2.14. The summed E-state index contributed by atoms with van der Waals surface area (Å²) in [5, 5.41) is 12.4. The van der Waals surface area contributed by atoms with Crippen molar-refractivity contribution in [2.45, 2.75) is 0 Å². The molecule has 0 aliphatic rings. The lowest BCUT2D eigenvalue weighted by Crippen LogP contribution is -2.06. The van der Waals surface area contributed by atoms with Crippen molar-refractivity contribution >= 4 is 131 Å². The molecule has 15 heteroatoms. The summed E-state index contributed by atoms with van der Waals surface area (Å²) in [7, 11) is 0. The Morgan fingerprint density at radius 2 is 0.413 bits per heavy atom. The third-order valence-corrected chi connectivity index (χ3v) is 27.8. The average Bonchev–Trinajstić information content (AvgIpc) is 1.61. The smallest absolute Gasteiger partial charge is 0.238 e. The van der Waals surface area contributed by atoms with Gasteiger partial charge in [0.15, 0.2) is 34.9 Å². The molecule has 150 heavy (non-hydrogen) atoms.